The number of nitrogens with one attached hydrogen (secondary N) is 1. The molecule has 3 heteroatoms. The number of hydrogen-bond donors (Lipinski definition) is 1. The van der Waals surface area contributed by atoms with Crippen LogP contribution in [0.4, 0.5) is 8.78 Å². The second-order valence-corrected chi connectivity index (χ2v) is 5.77. The lowest BCUT2D eigenvalue weighted by Crippen LogP contribution is -2.24. The van der Waals surface area contributed by atoms with Gasteiger partial charge in [-0.15, -0.1) is 0 Å². The third-order valence-electron chi connectivity index (χ3n) is 3.94. The average molecular weight is 287 g/mol. The Morgan fingerprint density at radius 3 is 2.43 bits per heavy atom. The summed E-state index contributed by atoms with van der Waals surface area (Å²) in [6.45, 7) is 0.840. The zero-order valence-electron chi connectivity index (χ0n) is 11.9. The summed E-state index contributed by atoms with van der Waals surface area (Å²) < 4.78 is 26.4. The second kappa shape index (κ2) is 6.35. The first-order valence-electron chi connectivity index (χ1n) is 7.44. The zero-order chi connectivity index (χ0) is 14.7. The standard InChI is InChI=1S/C18H19F2N/c19-16-6-4-14(5-7-16)15(12-21-18-8-9-18)10-13-2-1-3-17(20)11-13/h1-7,11,15,18,21H,8-10,12H2. The molecular formula is C18H19F2N. The Balaban J connectivity index is 1.75. The topological polar surface area (TPSA) is 12.0 Å². The fourth-order valence-electron chi connectivity index (χ4n) is 2.59. The van der Waals surface area contributed by atoms with Crippen LogP contribution >= 0.6 is 0 Å². The maximum atomic E-state index is 13.3. The molecule has 21 heavy (non-hydrogen) atoms. The first-order valence-corrected chi connectivity index (χ1v) is 7.44. The molecule has 0 amide bonds. The molecule has 1 atom stereocenters. The average Bonchev–Trinajstić information content (AvgIpc) is 3.29. The summed E-state index contributed by atoms with van der Waals surface area (Å²) in [6, 6.07) is 14.0. The van der Waals surface area contributed by atoms with E-state index in [1.807, 2.05) is 18.2 Å². The van der Waals surface area contributed by atoms with Crippen LogP contribution in [-0.2, 0) is 6.42 Å². The van der Waals surface area contributed by atoms with Gasteiger partial charge in [-0.05, 0) is 54.7 Å². The zero-order valence-corrected chi connectivity index (χ0v) is 11.9. The van der Waals surface area contributed by atoms with Crippen molar-refractivity contribution >= 4 is 0 Å². The Morgan fingerprint density at radius 2 is 1.76 bits per heavy atom. The summed E-state index contributed by atoms with van der Waals surface area (Å²) in [6.07, 6.45) is 3.22. The van der Waals surface area contributed by atoms with Crippen molar-refractivity contribution in [1.29, 1.82) is 0 Å². The number of benzene rings is 2. The number of rotatable bonds is 6. The van der Waals surface area contributed by atoms with Crippen molar-refractivity contribution in [2.45, 2.75) is 31.2 Å². The summed E-state index contributed by atoms with van der Waals surface area (Å²) in [5.41, 5.74) is 2.07. The molecule has 0 radical (unpaired) electrons. The lowest BCUT2D eigenvalue weighted by atomic mass is 9.91. The molecule has 1 unspecified atom stereocenters. The fourth-order valence-corrected chi connectivity index (χ4v) is 2.59. The Morgan fingerprint density at radius 1 is 1.00 bits per heavy atom. The fraction of sp³-hybridized carbons (Fsp3) is 0.333. The Labute approximate surface area is 124 Å². The summed E-state index contributed by atoms with van der Waals surface area (Å²) >= 11 is 0. The van der Waals surface area contributed by atoms with Crippen LogP contribution < -0.4 is 5.32 Å². The molecule has 0 spiro atoms. The van der Waals surface area contributed by atoms with Gasteiger partial charge in [-0.3, -0.25) is 0 Å². The molecule has 110 valence electrons. The van der Waals surface area contributed by atoms with Gasteiger partial charge in [0.15, 0.2) is 0 Å². The van der Waals surface area contributed by atoms with Crippen molar-refractivity contribution in [2.75, 3.05) is 6.54 Å². The molecule has 0 aromatic heterocycles. The lowest BCUT2D eigenvalue weighted by molar-refractivity contribution is 0.570. The Bertz CT molecular complexity index is 590. The maximum absolute atomic E-state index is 13.3. The summed E-state index contributed by atoms with van der Waals surface area (Å²) in [5, 5.41) is 3.52. The predicted octanol–water partition coefficient (Wildman–Crippen LogP) is 4.04. The van der Waals surface area contributed by atoms with E-state index in [0.717, 1.165) is 24.1 Å². The highest BCUT2D eigenvalue weighted by Crippen LogP contribution is 2.24. The van der Waals surface area contributed by atoms with E-state index in [2.05, 4.69) is 5.32 Å². The molecule has 0 bridgehead atoms. The lowest BCUT2D eigenvalue weighted by Gasteiger charge is -2.18. The maximum Gasteiger partial charge on any atom is 0.123 e. The molecule has 1 fully saturated rings. The third-order valence-corrected chi connectivity index (χ3v) is 3.94. The normalized spacial score (nSPS) is 15.9. The molecule has 2 aromatic rings. The molecule has 1 saturated carbocycles. The molecule has 3 rings (SSSR count). The highest BCUT2D eigenvalue weighted by atomic mass is 19.1. The summed E-state index contributed by atoms with van der Waals surface area (Å²) in [5.74, 6) is -0.202. The van der Waals surface area contributed by atoms with Gasteiger partial charge >= 0.3 is 0 Å². The van der Waals surface area contributed by atoms with Crippen LogP contribution in [0.25, 0.3) is 0 Å². The van der Waals surface area contributed by atoms with E-state index in [-0.39, 0.29) is 17.6 Å². The molecule has 1 N–H and O–H groups in total. The molecule has 2 aromatic carbocycles. The molecule has 0 heterocycles. The van der Waals surface area contributed by atoms with Crippen molar-refractivity contribution in [1.82, 2.24) is 5.32 Å². The van der Waals surface area contributed by atoms with Crippen LogP contribution in [0, 0.1) is 11.6 Å². The second-order valence-electron chi connectivity index (χ2n) is 5.77. The minimum Gasteiger partial charge on any atom is -0.313 e. The van der Waals surface area contributed by atoms with Crippen molar-refractivity contribution < 1.29 is 8.78 Å². The molecule has 0 saturated heterocycles. The minimum atomic E-state index is -0.224. The van der Waals surface area contributed by atoms with E-state index < -0.39 is 0 Å². The van der Waals surface area contributed by atoms with Crippen LogP contribution in [0.1, 0.15) is 29.9 Å². The van der Waals surface area contributed by atoms with Crippen LogP contribution in [0.15, 0.2) is 48.5 Å². The van der Waals surface area contributed by atoms with Gasteiger partial charge in [-0.25, -0.2) is 8.78 Å². The minimum absolute atomic E-state index is 0.208. The van der Waals surface area contributed by atoms with Gasteiger partial charge in [0, 0.05) is 18.5 Å². The quantitative estimate of drug-likeness (QED) is 0.845. The van der Waals surface area contributed by atoms with Gasteiger partial charge in [0.1, 0.15) is 11.6 Å². The Hall–Kier alpha value is -1.74. The first kappa shape index (κ1) is 14.2. The van der Waals surface area contributed by atoms with Crippen LogP contribution in [0.2, 0.25) is 0 Å². The van der Waals surface area contributed by atoms with Crippen molar-refractivity contribution in [3.63, 3.8) is 0 Å². The van der Waals surface area contributed by atoms with Crippen molar-refractivity contribution in [3.8, 4) is 0 Å². The van der Waals surface area contributed by atoms with E-state index >= 15 is 0 Å². The van der Waals surface area contributed by atoms with Crippen molar-refractivity contribution in [2.24, 2.45) is 0 Å². The van der Waals surface area contributed by atoms with E-state index in [4.69, 9.17) is 0 Å². The molecular weight excluding hydrogens is 268 g/mol. The van der Waals surface area contributed by atoms with E-state index in [0.29, 0.717) is 6.04 Å². The third kappa shape index (κ3) is 4.11. The van der Waals surface area contributed by atoms with Gasteiger partial charge in [0.2, 0.25) is 0 Å². The summed E-state index contributed by atoms with van der Waals surface area (Å²) in [4.78, 5) is 0. The monoisotopic (exact) mass is 287 g/mol. The Kier molecular flexibility index (Phi) is 4.30. The largest absolute Gasteiger partial charge is 0.313 e. The number of halogens is 2. The molecule has 1 aliphatic rings. The SMILES string of the molecule is Fc1ccc(C(CNC2CC2)Cc2cccc(F)c2)cc1. The highest BCUT2D eigenvalue weighted by Gasteiger charge is 2.22. The van der Waals surface area contributed by atoms with E-state index in [1.54, 1.807) is 12.1 Å². The van der Waals surface area contributed by atoms with Gasteiger partial charge < -0.3 is 5.32 Å². The first-order chi connectivity index (χ1) is 10.2. The molecule has 1 aliphatic carbocycles. The van der Waals surface area contributed by atoms with Crippen LogP contribution in [0.5, 0.6) is 0 Å². The van der Waals surface area contributed by atoms with Gasteiger partial charge in [0.25, 0.3) is 0 Å². The van der Waals surface area contributed by atoms with Gasteiger partial charge in [-0.1, -0.05) is 24.3 Å². The summed E-state index contributed by atoms with van der Waals surface area (Å²) in [7, 11) is 0. The molecule has 1 nitrogen and oxygen atoms in total. The van der Waals surface area contributed by atoms with Gasteiger partial charge in [0.05, 0.1) is 0 Å². The van der Waals surface area contributed by atoms with Crippen LogP contribution in [-0.4, -0.2) is 12.6 Å². The smallest absolute Gasteiger partial charge is 0.123 e. The highest BCUT2D eigenvalue weighted by molar-refractivity contribution is 5.25. The van der Waals surface area contributed by atoms with E-state index in [1.165, 1.54) is 31.0 Å². The van der Waals surface area contributed by atoms with E-state index in [9.17, 15) is 8.78 Å². The van der Waals surface area contributed by atoms with Gasteiger partial charge in [-0.2, -0.15) is 0 Å². The van der Waals surface area contributed by atoms with Crippen molar-refractivity contribution in [3.05, 3.63) is 71.3 Å². The molecule has 0 aliphatic heterocycles. The number of hydrogen-bond acceptors (Lipinski definition) is 1. The van der Waals surface area contributed by atoms with Crippen LogP contribution in [0.3, 0.4) is 0 Å². The predicted molar refractivity (Wildman–Crippen MR) is 80.3 cm³/mol.